The van der Waals surface area contributed by atoms with Gasteiger partial charge in [0, 0.05) is 0 Å². The molecule has 0 aliphatic heterocycles. The van der Waals surface area contributed by atoms with E-state index < -0.39 is 0 Å². The average Bonchev–Trinajstić information content (AvgIpc) is 2.43. The lowest BCUT2D eigenvalue weighted by molar-refractivity contribution is 0.0431. The van der Waals surface area contributed by atoms with Gasteiger partial charge in [0.05, 0.1) is 12.2 Å². The zero-order valence-corrected chi connectivity index (χ0v) is 6.90. The van der Waals surface area contributed by atoms with Crippen LogP contribution in [0.5, 0.6) is 0 Å². The molecule has 5 unspecified atom stereocenters. The Labute approximate surface area is 67.2 Å². The molecule has 2 aliphatic carbocycles. The van der Waals surface area contributed by atoms with Crippen molar-refractivity contribution < 1.29 is 10.2 Å². The minimum Gasteiger partial charge on any atom is -0.393 e. The molecule has 2 nitrogen and oxygen atoms in total. The van der Waals surface area contributed by atoms with Crippen molar-refractivity contribution in [2.45, 2.75) is 38.4 Å². The molecule has 0 amide bonds. The van der Waals surface area contributed by atoms with Crippen LogP contribution < -0.4 is 0 Å². The molecule has 2 rings (SSSR count). The molecule has 0 aromatic rings. The van der Waals surface area contributed by atoms with Crippen LogP contribution in [0, 0.1) is 17.8 Å². The Bertz CT molecular complexity index is 154. The Morgan fingerprint density at radius 2 is 1.91 bits per heavy atom. The van der Waals surface area contributed by atoms with Crippen LogP contribution in [0.4, 0.5) is 0 Å². The predicted molar refractivity (Wildman–Crippen MR) is 42.0 cm³/mol. The highest BCUT2D eigenvalue weighted by atomic mass is 16.3. The maximum Gasteiger partial charge on any atom is 0.0571 e. The van der Waals surface area contributed by atoms with Gasteiger partial charge in [0.2, 0.25) is 0 Å². The summed E-state index contributed by atoms with van der Waals surface area (Å²) in [6.07, 6.45) is 2.90. The van der Waals surface area contributed by atoms with Crippen molar-refractivity contribution in [2.24, 2.45) is 17.8 Å². The molecule has 11 heavy (non-hydrogen) atoms. The molecule has 0 aromatic heterocycles. The molecule has 0 aromatic carbocycles. The Morgan fingerprint density at radius 1 is 1.18 bits per heavy atom. The number of aliphatic hydroxyl groups is 2. The van der Waals surface area contributed by atoms with Gasteiger partial charge in [-0.15, -0.1) is 0 Å². The molecule has 0 spiro atoms. The molecule has 0 radical (unpaired) electrons. The van der Waals surface area contributed by atoms with E-state index in [9.17, 15) is 10.2 Å². The summed E-state index contributed by atoms with van der Waals surface area (Å²) in [7, 11) is 0. The normalized spacial score (nSPS) is 51.5. The summed E-state index contributed by atoms with van der Waals surface area (Å²) in [5, 5.41) is 18.8. The van der Waals surface area contributed by atoms with Crippen molar-refractivity contribution in [3.63, 3.8) is 0 Å². The number of fused-ring (bicyclic) bond motifs is 2. The van der Waals surface area contributed by atoms with E-state index in [1.807, 2.05) is 6.92 Å². The molecule has 0 heterocycles. The summed E-state index contributed by atoms with van der Waals surface area (Å²) in [5.41, 5.74) is 0. The molecular weight excluding hydrogens is 140 g/mol. The molecule has 64 valence electrons. The Morgan fingerprint density at radius 3 is 2.27 bits per heavy atom. The Hall–Kier alpha value is -0.0800. The van der Waals surface area contributed by atoms with E-state index in [2.05, 4.69) is 0 Å². The van der Waals surface area contributed by atoms with E-state index in [4.69, 9.17) is 0 Å². The van der Waals surface area contributed by atoms with Crippen LogP contribution in [0.3, 0.4) is 0 Å². The molecule has 2 fully saturated rings. The van der Waals surface area contributed by atoms with Crippen LogP contribution in [0.1, 0.15) is 26.2 Å². The zero-order valence-electron chi connectivity index (χ0n) is 6.90. The van der Waals surface area contributed by atoms with E-state index in [1.165, 1.54) is 0 Å². The first-order chi connectivity index (χ1) is 5.18. The van der Waals surface area contributed by atoms with Crippen molar-refractivity contribution in [1.82, 2.24) is 0 Å². The van der Waals surface area contributed by atoms with Crippen molar-refractivity contribution in [1.29, 1.82) is 0 Å². The van der Waals surface area contributed by atoms with Crippen LogP contribution in [0.15, 0.2) is 0 Å². The molecule has 2 saturated carbocycles. The second-order valence-corrected chi connectivity index (χ2v) is 4.20. The van der Waals surface area contributed by atoms with Crippen LogP contribution in [-0.4, -0.2) is 22.4 Å². The van der Waals surface area contributed by atoms with Gasteiger partial charge >= 0.3 is 0 Å². The first-order valence-corrected chi connectivity index (χ1v) is 4.54. The first kappa shape index (κ1) is 7.56. The standard InChI is InChI=1S/C9H16O2/c1-5(10)8-3-7-2-6(8)4-9(7)11/h5-11H,2-4H2,1H3. The quantitative estimate of drug-likeness (QED) is 0.589. The topological polar surface area (TPSA) is 40.5 Å². The summed E-state index contributed by atoms with van der Waals surface area (Å²) >= 11 is 0. The van der Waals surface area contributed by atoms with E-state index in [0.717, 1.165) is 19.3 Å². The highest BCUT2D eigenvalue weighted by molar-refractivity contribution is 4.96. The van der Waals surface area contributed by atoms with E-state index >= 15 is 0 Å². The van der Waals surface area contributed by atoms with Gasteiger partial charge in [-0.1, -0.05) is 0 Å². The lowest BCUT2D eigenvalue weighted by Gasteiger charge is -2.26. The third-order valence-electron chi connectivity index (χ3n) is 3.49. The predicted octanol–water partition coefficient (Wildman–Crippen LogP) is 0.774. The minimum atomic E-state index is -0.169. The van der Waals surface area contributed by atoms with Crippen LogP contribution in [-0.2, 0) is 0 Å². The third kappa shape index (κ3) is 1.09. The van der Waals surface area contributed by atoms with Crippen molar-refractivity contribution in [2.75, 3.05) is 0 Å². The SMILES string of the molecule is CC(O)C1CC2CC1CC2O. The molecule has 2 bridgehead atoms. The second kappa shape index (κ2) is 2.46. The number of hydrogen-bond acceptors (Lipinski definition) is 2. The number of aliphatic hydroxyl groups excluding tert-OH is 2. The largest absolute Gasteiger partial charge is 0.393 e. The van der Waals surface area contributed by atoms with E-state index in [0.29, 0.717) is 17.8 Å². The molecule has 0 saturated heterocycles. The highest BCUT2D eigenvalue weighted by Crippen LogP contribution is 2.49. The summed E-state index contributed by atoms with van der Waals surface area (Å²) in [6.45, 7) is 1.87. The maximum atomic E-state index is 9.44. The van der Waals surface area contributed by atoms with Crippen molar-refractivity contribution in [3.8, 4) is 0 Å². The van der Waals surface area contributed by atoms with Gasteiger partial charge < -0.3 is 10.2 Å². The fraction of sp³-hybridized carbons (Fsp3) is 1.00. The van der Waals surface area contributed by atoms with Crippen LogP contribution >= 0.6 is 0 Å². The molecular formula is C9H16O2. The summed E-state index contributed by atoms with van der Waals surface area (Å²) in [6, 6.07) is 0. The molecule has 2 N–H and O–H groups in total. The average molecular weight is 156 g/mol. The van der Waals surface area contributed by atoms with E-state index in [1.54, 1.807) is 0 Å². The monoisotopic (exact) mass is 156 g/mol. The smallest absolute Gasteiger partial charge is 0.0571 e. The Kier molecular flexibility index (Phi) is 1.69. The van der Waals surface area contributed by atoms with Crippen molar-refractivity contribution in [3.05, 3.63) is 0 Å². The van der Waals surface area contributed by atoms with Crippen LogP contribution in [0.2, 0.25) is 0 Å². The van der Waals surface area contributed by atoms with Gasteiger partial charge in [0.1, 0.15) is 0 Å². The maximum absolute atomic E-state index is 9.44. The van der Waals surface area contributed by atoms with Crippen molar-refractivity contribution >= 4 is 0 Å². The van der Waals surface area contributed by atoms with E-state index in [-0.39, 0.29) is 12.2 Å². The summed E-state index contributed by atoms with van der Waals surface area (Å²) in [4.78, 5) is 0. The van der Waals surface area contributed by atoms with Crippen LogP contribution in [0.25, 0.3) is 0 Å². The molecule has 2 aliphatic rings. The molecule has 2 heteroatoms. The minimum absolute atomic E-state index is 0.0602. The van der Waals surface area contributed by atoms with Gasteiger partial charge in [0.25, 0.3) is 0 Å². The number of rotatable bonds is 1. The summed E-state index contributed by atoms with van der Waals surface area (Å²) in [5.74, 6) is 1.58. The van der Waals surface area contributed by atoms with Gasteiger partial charge in [-0.2, -0.15) is 0 Å². The number of hydrogen-bond donors (Lipinski definition) is 2. The third-order valence-corrected chi connectivity index (χ3v) is 3.49. The lowest BCUT2D eigenvalue weighted by atomic mass is 9.84. The fourth-order valence-electron chi connectivity index (χ4n) is 2.88. The van der Waals surface area contributed by atoms with Gasteiger partial charge in [0.15, 0.2) is 0 Å². The molecule has 5 atom stereocenters. The lowest BCUT2D eigenvalue weighted by Crippen LogP contribution is -2.28. The van der Waals surface area contributed by atoms with Gasteiger partial charge in [-0.05, 0) is 43.9 Å². The fourth-order valence-corrected chi connectivity index (χ4v) is 2.88. The second-order valence-electron chi connectivity index (χ2n) is 4.20. The highest BCUT2D eigenvalue weighted by Gasteiger charge is 2.46. The van der Waals surface area contributed by atoms with Gasteiger partial charge in [-0.3, -0.25) is 0 Å². The van der Waals surface area contributed by atoms with Gasteiger partial charge in [-0.25, -0.2) is 0 Å². The Balaban J connectivity index is 2.02. The zero-order chi connectivity index (χ0) is 8.01. The summed E-state index contributed by atoms with van der Waals surface area (Å²) < 4.78 is 0. The first-order valence-electron chi connectivity index (χ1n) is 4.54.